The first-order valence-electron chi connectivity index (χ1n) is 8.49. The maximum Gasteiger partial charge on any atom is 0.241 e. The molecule has 26 heavy (non-hydrogen) atoms. The fourth-order valence-corrected chi connectivity index (χ4v) is 3.80. The molecule has 6 heteroatoms. The van der Waals surface area contributed by atoms with Gasteiger partial charge in [0.05, 0.1) is 18.0 Å². The monoisotopic (exact) mass is 374 g/mol. The second kappa shape index (κ2) is 7.91. The number of sulfonamides is 1. The molecule has 0 aliphatic carbocycles. The molecular weight excluding hydrogens is 348 g/mol. The summed E-state index contributed by atoms with van der Waals surface area (Å²) in [4.78, 5) is 12.5. The molecule has 0 saturated heterocycles. The zero-order valence-electron chi connectivity index (χ0n) is 15.9. The molecule has 2 aromatic rings. The zero-order chi connectivity index (χ0) is 19.5. The van der Waals surface area contributed by atoms with Crippen LogP contribution in [-0.4, -0.2) is 27.1 Å². The van der Waals surface area contributed by atoms with Crippen LogP contribution in [0.2, 0.25) is 0 Å². The summed E-state index contributed by atoms with van der Waals surface area (Å²) < 4.78 is 25.3. The number of hydrogen-bond acceptors (Lipinski definition) is 3. The van der Waals surface area contributed by atoms with Gasteiger partial charge in [-0.05, 0) is 62.1 Å². The van der Waals surface area contributed by atoms with E-state index >= 15 is 0 Å². The highest BCUT2D eigenvalue weighted by atomic mass is 32.2. The Bertz CT molecular complexity index is 893. The van der Waals surface area contributed by atoms with Crippen LogP contribution in [0, 0.1) is 20.8 Å². The molecule has 5 nitrogen and oxygen atoms in total. The molecule has 2 aromatic carbocycles. The Balaban J connectivity index is 2.17. The number of para-hydroxylation sites is 1. The maximum absolute atomic E-state index is 12.5. The third kappa shape index (κ3) is 4.85. The van der Waals surface area contributed by atoms with E-state index in [0.717, 1.165) is 27.3 Å². The Labute approximate surface area is 156 Å². The van der Waals surface area contributed by atoms with Gasteiger partial charge < -0.3 is 5.32 Å². The molecule has 0 aliphatic rings. The van der Waals surface area contributed by atoms with E-state index in [1.807, 2.05) is 20.8 Å². The van der Waals surface area contributed by atoms with E-state index in [1.165, 1.54) is 5.56 Å². The topological polar surface area (TPSA) is 66.5 Å². The summed E-state index contributed by atoms with van der Waals surface area (Å²) in [5.41, 5.74) is 4.97. The summed E-state index contributed by atoms with van der Waals surface area (Å²) in [6.07, 6.45) is 1.10. The average Bonchev–Trinajstić information content (AvgIpc) is 2.55. The second-order valence-electron chi connectivity index (χ2n) is 6.69. The summed E-state index contributed by atoms with van der Waals surface area (Å²) in [5, 5.41) is 2.91. The van der Waals surface area contributed by atoms with Gasteiger partial charge in [-0.25, -0.2) is 8.42 Å². The van der Waals surface area contributed by atoms with Gasteiger partial charge in [-0.15, -0.1) is 0 Å². The Morgan fingerprint density at radius 2 is 1.62 bits per heavy atom. The van der Waals surface area contributed by atoms with Gasteiger partial charge in [0.25, 0.3) is 0 Å². The van der Waals surface area contributed by atoms with Crippen molar-refractivity contribution in [3.05, 3.63) is 64.7 Å². The number of carbonyl (C=O) groups is 1. The van der Waals surface area contributed by atoms with E-state index in [-0.39, 0.29) is 18.5 Å². The Morgan fingerprint density at radius 3 is 2.19 bits per heavy atom. The maximum atomic E-state index is 12.5. The first-order valence-corrected chi connectivity index (χ1v) is 10.3. The van der Waals surface area contributed by atoms with Crippen LogP contribution in [0.1, 0.15) is 35.2 Å². The molecule has 2 rings (SSSR count). The average molecular weight is 375 g/mol. The van der Waals surface area contributed by atoms with Crippen LogP contribution >= 0.6 is 0 Å². The lowest BCUT2D eigenvalue weighted by Gasteiger charge is -2.24. The molecular formula is C20H26N2O3S. The molecule has 0 bridgehead atoms. The predicted octanol–water partition coefficient (Wildman–Crippen LogP) is 3.26. The third-order valence-electron chi connectivity index (χ3n) is 4.46. The lowest BCUT2D eigenvalue weighted by Crippen LogP contribution is -2.41. The van der Waals surface area contributed by atoms with Crippen molar-refractivity contribution in [2.75, 3.05) is 17.1 Å². The van der Waals surface area contributed by atoms with Gasteiger partial charge in [-0.1, -0.05) is 30.3 Å². The normalized spacial score (nSPS) is 12.5. The van der Waals surface area contributed by atoms with Crippen LogP contribution in [0.15, 0.2) is 42.5 Å². The number of amides is 1. The van der Waals surface area contributed by atoms with Crippen molar-refractivity contribution in [3.63, 3.8) is 0 Å². The van der Waals surface area contributed by atoms with Crippen LogP contribution in [0.5, 0.6) is 0 Å². The van der Waals surface area contributed by atoms with E-state index in [1.54, 1.807) is 30.3 Å². The fraction of sp³-hybridized carbons (Fsp3) is 0.350. The Morgan fingerprint density at radius 1 is 1.04 bits per heavy atom. The van der Waals surface area contributed by atoms with Gasteiger partial charge in [-0.3, -0.25) is 9.10 Å². The van der Waals surface area contributed by atoms with Gasteiger partial charge in [0.15, 0.2) is 0 Å². The summed E-state index contributed by atoms with van der Waals surface area (Å²) in [6.45, 7) is 7.75. The van der Waals surface area contributed by atoms with E-state index < -0.39 is 10.0 Å². The quantitative estimate of drug-likeness (QED) is 0.844. The standard InChI is InChI=1S/C20H26N2O3S/c1-14-11-16(3)19(12-15(14)2)17(4)21-20(23)13-22(26(5,24)25)18-9-7-6-8-10-18/h6-12,17H,13H2,1-5H3,(H,21,23)/t17-/m0/s1. The number of hydrogen-bond donors (Lipinski definition) is 1. The van der Waals surface area contributed by atoms with Gasteiger partial charge in [0, 0.05) is 0 Å². The first kappa shape index (κ1) is 20.0. The summed E-state index contributed by atoms with van der Waals surface area (Å²) >= 11 is 0. The highest BCUT2D eigenvalue weighted by molar-refractivity contribution is 7.92. The number of carbonyl (C=O) groups excluding carboxylic acids is 1. The largest absolute Gasteiger partial charge is 0.348 e. The molecule has 1 N–H and O–H groups in total. The lowest BCUT2D eigenvalue weighted by atomic mass is 9.96. The van der Waals surface area contributed by atoms with Crippen LogP contribution < -0.4 is 9.62 Å². The van der Waals surface area contributed by atoms with Crippen LogP contribution in [0.25, 0.3) is 0 Å². The Hall–Kier alpha value is -2.34. The molecule has 0 saturated carbocycles. The third-order valence-corrected chi connectivity index (χ3v) is 5.60. The van der Waals surface area contributed by atoms with Crippen LogP contribution in [0.4, 0.5) is 5.69 Å². The molecule has 0 radical (unpaired) electrons. The second-order valence-corrected chi connectivity index (χ2v) is 8.59. The predicted molar refractivity (Wildman–Crippen MR) is 106 cm³/mol. The van der Waals surface area contributed by atoms with E-state index in [9.17, 15) is 13.2 Å². The molecule has 1 atom stereocenters. The SMILES string of the molecule is Cc1cc(C)c([C@H](C)NC(=O)CN(c2ccccc2)S(C)(=O)=O)cc1C. The molecule has 0 aromatic heterocycles. The minimum absolute atomic E-state index is 0.209. The minimum atomic E-state index is -3.56. The van der Waals surface area contributed by atoms with Gasteiger partial charge in [0.1, 0.15) is 6.54 Å². The number of nitrogens with one attached hydrogen (secondary N) is 1. The van der Waals surface area contributed by atoms with Crippen molar-refractivity contribution >= 4 is 21.6 Å². The molecule has 0 spiro atoms. The van der Waals surface area contributed by atoms with Gasteiger partial charge in [0.2, 0.25) is 15.9 Å². The van der Waals surface area contributed by atoms with E-state index in [0.29, 0.717) is 5.69 Å². The Kier molecular flexibility index (Phi) is 6.08. The summed E-state index contributed by atoms with van der Waals surface area (Å²) in [5.74, 6) is -0.343. The molecule has 0 aliphatic heterocycles. The molecule has 0 unspecified atom stereocenters. The highest BCUT2D eigenvalue weighted by Crippen LogP contribution is 2.22. The van der Waals surface area contributed by atoms with Crippen molar-refractivity contribution in [2.24, 2.45) is 0 Å². The minimum Gasteiger partial charge on any atom is -0.348 e. The molecule has 0 heterocycles. The number of anilines is 1. The molecule has 140 valence electrons. The van der Waals surface area contributed by atoms with Gasteiger partial charge >= 0.3 is 0 Å². The number of rotatable bonds is 6. The smallest absolute Gasteiger partial charge is 0.241 e. The molecule has 0 fully saturated rings. The van der Waals surface area contributed by atoms with Crippen molar-refractivity contribution in [2.45, 2.75) is 33.7 Å². The van der Waals surface area contributed by atoms with Crippen molar-refractivity contribution in [3.8, 4) is 0 Å². The number of aryl methyl sites for hydroxylation is 3. The van der Waals surface area contributed by atoms with Crippen molar-refractivity contribution < 1.29 is 13.2 Å². The number of benzene rings is 2. The zero-order valence-corrected chi connectivity index (χ0v) is 16.7. The van der Waals surface area contributed by atoms with Crippen molar-refractivity contribution in [1.82, 2.24) is 5.32 Å². The first-order chi connectivity index (χ1) is 12.1. The van der Waals surface area contributed by atoms with E-state index in [2.05, 4.69) is 24.4 Å². The van der Waals surface area contributed by atoms with Crippen molar-refractivity contribution in [1.29, 1.82) is 0 Å². The summed E-state index contributed by atoms with van der Waals surface area (Å²) in [6, 6.07) is 12.6. The van der Waals surface area contributed by atoms with Gasteiger partial charge in [-0.2, -0.15) is 0 Å². The van der Waals surface area contributed by atoms with Crippen LogP contribution in [0.3, 0.4) is 0 Å². The highest BCUT2D eigenvalue weighted by Gasteiger charge is 2.22. The number of nitrogens with zero attached hydrogens (tertiary/aromatic N) is 1. The fourth-order valence-electron chi connectivity index (χ4n) is 2.94. The summed E-state index contributed by atoms with van der Waals surface area (Å²) in [7, 11) is -3.56. The van der Waals surface area contributed by atoms with Crippen LogP contribution in [-0.2, 0) is 14.8 Å². The van der Waals surface area contributed by atoms with E-state index in [4.69, 9.17) is 0 Å². The lowest BCUT2D eigenvalue weighted by molar-refractivity contribution is -0.120. The molecule has 1 amide bonds.